The quantitative estimate of drug-likeness (QED) is 0.389. The summed E-state index contributed by atoms with van der Waals surface area (Å²) in [6.45, 7) is 7.09. The van der Waals surface area contributed by atoms with Crippen LogP contribution in [0.15, 0.2) is 42.9 Å². The number of aryl methyl sites for hydroxylation is 1. The molecule has 0 fully saturated rings. The Hall–Kier alpha value is -3.79. The molecular formula is C22H23N7O2S. The molecule has 4 rings (SSSR count). The van der Waals surface area contributed by atoms with E-state index < -0.39 is 0 Å². The molecule has 1 aromatic carbocycles. The normalized spacial score (nSPS) is 10.8. The molecule has 0 aliphatic carbocycles. The highest BCUT2D eigenvalue weighted by atomic mass is 32.1. The van der Waals surface area contributed by atoms with Gasteiger partial charge in [-0.05, 0) is 44.5 Å². The lowest BCUT2D eigenvalue weighted by Crippen LogP contribution is -2.30. The maximum absolute atomic E-state index is 12.8. The monoisotopic (exact) mass is 449 g/mol. The maximum Gasteiger partial charge on any atom is 0.267 e. The van der Waals surface area contributed by atoms with E-state index in [1.807, 2.05) is 32.9 Å². The minimum atomic E-state index is -0.259. The van der Waals surface area contributed by atoms with Gasteiger partial charge in [-0.3, -0.25) is 14.7 Å². The van der Waals surface area contributed by atoms with Crippen molar-refractivity contribution in [1.29, 1.82) is 0 Å². The average molecular weight is 450 g/mol. The van der Waals surface area contributed by atoms with E-state index in [-0.39, 0.29) is 11.8 Å². The summed E-state index contributed by atoms with van der Waals surface area (Å²) < 4.78 is 0. The Balaban J connectivity index is 1.49. The minimum Gasteiger partial charge on any atom is -0.339 e. The third-order valence-electron chi connectivity index (χ3n) is 5.09. The first kappa shape index (κ1) is 21.4. The zero-order valence-electron chi connectivity index (χ0n) is 18.0. The molecule has 0 saturated heterocycles. The van der Waals surface area contributed by atoms with Crippen LogP contribution in [0.1, 0.15) is 39.4 Å². The lowest BCUT2D eigenvalue weighted by Gasteiger charge is -2.18. The van der Waals surface area contributed by atoms with Crippen molar-refractivity contribution >= 4 is 50.7 Å². The number of benzene rings is 1. The van der Waals surface area contributed by atoms with Gasteiger partial charge in [0.25, 0.3) is 11.8 Å². The highest BCUT2D eigenvalue weighted by Crippen LogP contribution is 2.28. The summed E-state index contributed by atoms with van der Waals surface area (Å²) in [7, 11) is 0. The number of nitrogens with zero attached hydrogens (tertiary/aromatic N) is 4. The number of amides is 2. The van der Waals surface area contributed by atoms with Crippen molar-refractivity contribution in [2.75, 3.05) is 23.7 Å². The molecule has 0 aliphatic heterocycles. The number of carbonyl (C=O) groups excluding carboxylic acids is 2. The van der Waals surface area contributed by atoms with Crippen LogP contribution in [0.4, 0.5) is 16.6 Å². The predicted molar refractivity (Wildman–Crippen MR) is 126 cm³/mol. The molecular weight excluding hydrogens is 426 g/mol. The van der Waals surface area contributed by atoms with Gasteiger partial charge in [-0.2, -0.15) is 5.10 Å². The van der Waals surface area contributed by atoms with Crippen molar-refractivity contribution in [2.45, 2.75) is 20.8 Å². The number of rotatable bonds is 7. The molecule has 2 amide bonds. The summed E-state index contributed by atoms with van der Waals surface area (Å²) in [5.74, 6) is 0.178. The van der Waals surface area contributed by atoms with Crippen molar-refractivity contribution in [3.8, 4) is 0 Å². The molecule has 3 heterocycles. The molecule has 3 N–H and O–H groups in total. The second kappa shape index (κ2) is 9.15. The van der Waals surface area contributed by atoms with Crippen molar-refractivity contribution in [2.24, 2.45) is 0 Å². The number of pyridine rings is 1. The van der Waals surface area contributed by atoms with Crippen molar-refractivity contribution in [3.05, 3.63) is 58.9 Å². The highest BCUT2D eigenvalue weighted by Gasteiger charge is 2.16. The number of thiazole rings is 1. The first-order valence-electron chi connectivity index (χ1n) is 10.2. The average Bonchev–Trinajstić information content (AvgIpc) is 3.46. The van der Waals surface area contributed by atoms with Gasteiger partial charge in [0.15, 0.2) is 5.13 Å². The van der Waals surface area contributed by atoms with Gasteiger partial charge in [-0.15, -0.1) is 0 Å². The summed E-state index contributed by atoms with van der Waals surface area (Å²) in [6, 6.07) is 7.22. The first-order chi connectivity index (χ1) is 15.5. The number of H-pyrrole nitrogens is 1. The Kier molecular flexibility index (Phi) is 6.13. The van der Waals surface area contributed by atoms with E-state index in [0.717, 1.165) is 16.5 Å². The summed E-state index contributed by atoms with van der Waals surface area (Å²) in [5, 5.41) is 14.3. The van der Waals surface area contributed by atoms with E-state index in [0.29, 0.717) is 40.2 Å². The van der Waals surface area contributed by atoms with Crippen LogP contribution >= 0.6 is 11.3 Å². The van der Waals surface area contributed by atoms with Crippen molar-refractivity contribution in [3.63, 3.8) is 0 Å². The number of hydrogen-bond donors (Lipinski definition) is 3. The molecule has 164 valence electrons. The SMILES string of the molecule is CCN(CC)C(=O)c1ccnc(Nc2ncc(C(=O)Nc3c(C)ccc4[nH]ncc34)s2)c1. The number of hydrogen-bond acceptors (Lipinski definition) is 7. The third-order valence-corrected chi connectivity index (χ3v) is 6.00. The van der Waals surface area contributed by atoms with Gasteiger partial charge >= 0.3 is 0 Å². The predicted octanol–water partition coefficient (Wildman–Crippen LogP) is 4.20. The van der Waals surface area contributed by atoms with Crippen LogP contribution in [0.5, 0.6) is 0 Å². The third kappa shape index (κ3) is 4.30. The number of aromatic amines is 1. The Morgan fingerprint density at radius 2 is 1.94 bits per heavy atom. The zero-order chi connectivity index (χ0) is 22.7. The summed E-state index contributed by atoms with van der Waals surface area (Å²) in [4.78, 5) is 36.1. The Morgan fingerprint density at radius 1 is 1.12 bits per heavy atom. The lowest BCUT2D eigenvalue weighted by molar-refractivity contribution is 0.0772. The number of aromatic nitrogens is 4. The summed E-state index contributed by atoms with van der Waals surface area (Å²) >= 11 is 1.20. The maximum atomic E-state index is 12.8. The molecule has 10 heteroatoms. The molecule has 9 nitrogen and oxygen atoms in total. The molecule has 0 radical (unpaired) electrons. The number of nitrogens with one attached hydrogen (secondary N) is 3. The lowest BCUT2D eigenvalue weighted by atomic mass is 10.1. The Bertz CT molecular complexity index is 1280. The van der Waals surface area contributed by atoms with Crippen LogP contribution in [0.25, 0.3) is 10.9 Å². The van der Waals surface area contributed by atoms with E-state index in [9.17, 15) is 9.59 Å². The Morgan fingerprint density at radius 3 is 2.72 bits per heavy atom. The molecule has 3 aromatic heterocycles. The topological polar surface area (TPSA) is 116 Å². The van der Waals surface area contributed by atoms with Crippen molar-refractivity contribution < 1.29 is 9.59 Å². The van der Waals surface area contributed by atoms with Crippen LogP contribution < -0.4 is 10.6 Å². The largest absolute Gasteiger partial charge is 0.339 e. The molecule has 0 aliphatic rings. The molecule has 0 spiro atoms. The fraction of sp³-hybridized carbons (Fsp3) is 0.227. The minimum absolute atomic E-state index is 0.0524. The molecule has 0 unspecified atom stereocenters. The number of carbonyl (C=O) groups is 2. The highest BCUT2D eigenvalue weighted by molar-refractivity contribution is 7.17. The van der Waals surface area contributed by atoms with Gasteiger partial charge in [0.05, 0.1) is 23.6 Å². The second-order valence-corrected chi connectivity index (χ2v) is 8.14. The van der Waals surface area contributed by atoms with Crippen LogP contribution in [0, 0.1) is 6.92 Å². The molecule has 32 heavy (non-hydrogen) atoms. The van der Waals surface area contributed by atoms with Gasteiger partial charge in [0.2, 0.25) is 0 Å². The van der Waals surface area contributed by atoms with Gasteiger partial charge in [-0.1, -0.05) is 17.4 Å². The van der Waals surface area contributed by atoms with Crippen molar-refractivity contribution in [1.82, 2.24) is 25.1 Å². The number of anilines is 3. The molecule has 0 bridgehead atoms. The van der Waals surface area contributed by atoms with Gasteiger partial charge in [0.1, 0.15) is 10.7 Å². The van der Waals surface area contributed by atoms with Gasteiger partial charge in [-0.25, -0.2) is 9.97 Å². The fourth-order valence-corrected chi connectivity index (χ4v) is 4.06. The Labute approximate surface area is 188 Å². The summed E-state index contributed by atoms with van der Waals surface area (Å²) in [5.41, 5.74) is 3.05. The fourth-order valence-electron chi connectivity index (χ4n) is 3.34. The van der Waals surface area contributed by atoms with E-state index in [1.54, 1.807) is 29.4 Å². The summed E-state index contributed by atoms with van der Waals surface area (Å²) in [6.07, 6.45) is 4.78. The van der Waals surface area contributed by atoms with Crippen LogP contribution in [-0.2, 0) is 0 Å². The van der Waals surface area contributed by atoms with Gasteiger partial charge in [0, 0.05) is 30.2 Å². The van der Waals surface area contributed by atoms with E-state index in [4.69, 9.17) is 0 Å². The molecule has 4 aromatic rings. The van der Waals surface area contributed by atoms with Crippen LogP contribution in [0.2, 0.25) is 0 Å². The van der Waals surface area contributed by atoms with Gasteiger partial charge < -0.3 is 15.5 Å². The van der Waals surface area contributed by atoms with Crippen LogP contribution in [0.3, 0.4) is 0 Å². The van der Waals surface area contributed by atoms with E-state index >= 15 is 0 Å². The standard InChI is InChI=1S/C22H23N7O2S/c1-4-29(5-2)21(31)14-8-9-23-18(10-14)26-22-24-12-17(32-22)20(30)27-19-13(3)6-7-16-15(19)11-25-28-16/h6-12H,4-5H2,1-3H3,(H,25,28)(H,27,30)(H,23,24,26). The second-order valence-electron chi connectivity index (χ2n) is 7.10. The first-order valence-corrected chi connectivity index (χ1v) is 11.0. The number of fused-ring (bicyclic) bond motifs is 1. The van der Waals surface area contributed by atoms with E-state index in [2.05, 4.69) is 30.8 Å². The smallest absolute Gasteiger partial charge is 0.267 e. The zero-order valence-corrected chi connectivity index (χ0v) is 18.8. The van der Waals surface area contributed by atoms with Crippen LogP contribution in [-0.4, -0.2) is 50.0 Å². The van der Waals surface area contributed by atoms with E-state index in [1.165, 1.54) is 17.5 Å². The molecule has 0 saturated carbocycles. The molecule has 0 atom stereocenters.